The van der Waals surface area contributed by atoms with Crippen molar-refractivity contribution in [3.63, 3.8) is 0 Å². The summed E-state index contributed by atoms with van der Waals surface area (Å²) in [5.74, 6) is 0.796. The number of methoxy groups -OCH3 is 1. The Morgan fingerprint density at radius 1 is 0.939 bits per heavy atom. The van der Waals surface area contributed by atoms with Crippen LogP contribution in [0.5, 0.6) is 11.5 Å². The Labute approximate surface area is 198 Å². The average molecular weight is 487 g/mol. The first-order valence-corrected chi connectivity index (χ1v) is 12.9. The standard InChI is InChI=1S/C24H26N2O5S2/c1-4-31-21-11-7-19(8-12-21)26(33(28,29)23-15-13-22(32-3)14-16-23)17-24(27)25-18-5-9-20(30-2)10-6-18/h5-16H,4,17H2,1-3H3,(H,25,27). The molecule has 0 aliphatic rings. The summed E-state index contributed by atoms with van der Waals surface area (Å²) in [5, 5.41) is 2.74. The second kappa shape index (κ2) is 11.1. The predicted octanol–water partition coefficient (Wildman–Crippen LogP) is 4.65. The zero-order chi connectivity index (χ0) is 23.8. The number of benzene rings is 3. The number of nitrogens with one attached hydrogen (secondary N) is 1. The molecule has 33 heavy (non-hydrogen) atoms. The van der Waals surface area contributed by atoms with Crippen molar-refractivity contribution in [2.45, 2.75) is 16.7 Å². The molecule has 0 saturated carbocycles. The van der Waals surface area contributed by atoms with Gasteiger partial charge < -0.3 is 14.8 Å². The Kier molecular flexibility index (Phi) is 8.24. The molecule has 0 aromatic heterocycles. The summed E-state index contributed by atoms with van der Waals surface area (Å²) in [5.41, 5.74) is 0.895. The van der Waals surface area contributed by atoms with Gasteiger partial charge >= 0.3 is 0 Å². The van der Waals surface area contributed by atoms with E-state index in [4.69, 9.17) is 9.47 Å². The summed E-state index contributed by atoms with van der Waals surface area (Å²) >= 11 is 1.52. The highest BCUT2D eigenvalue weighted by molar-refractivity contribution is 7.98. The maximum atomic E-state index is 13.5. The molecule has 1 amide bonds. The molecule has 0 heterocycles. The van der Waals surface area contributed by atoms with Crippen molar-refractivity contribution < 1.29 is 22.7 Å². The number of nitrogens with zero attached hydrogens (tertiary/aromatic N) is 1. The van der Waals surface area contributed by atoms with Crippen LogP contribution in [0.25, 0.3) is 0 Å². The Balaban J connectivity index is 1.90. The quantitative estimate of drug-likeness (QED) is 0.420. The minimum Gasteiger partial charge on any atom is -0.497 e. The van der Waals surface area contributed by atoms with Crippen molar-refractivity contribution in [3.05, 3.63) is 72.8 Å². The second-order valence-electron chi connectivity index (χ2n) is 6.89. The fourth-order valence-corrected chi connectivity index (χ4v) is 4.90. The maximum Gasteiger partial charge on any atom is 0.264 e. The lowest BCUT2D eigenvalue weighted by atomic mass is 10.3. The van der Waals surface area contributed by atoms with Gasteiger partial charge in [0.15, 0.2) is 0 Å². The van der Waals surface area contributed by atoms with Crippen molar-refractivity contribution in [2.75, 3.05) is 36.1 Å². The van der Waals surface area contributed by atoms with Crippen LogP contribution in [0.3, 0.4) is 0 Å². The summed E-state index contributed by atoms with van der Waals surface area (Å²) in [6.45, 7) is 1.96. The third-order valence-corrected chi connectivity index (χ3v) is 7.28. The van der Waals surface area contributed by atoms with E-state index in [0.717, 1.165) is 9.20 Å². The molecule has 0 unspecified atom stereocenters. The lowest BCUT2D eigenvalue weighted by Crippen LogP contribution is -2.38. The zero-order valence-corrected chi connectivity index (χ0v) is 20.3. The van der Waals surface area contributed by atoms with Crippen LogP contribution in [0.2, 0.25) is 0 Å². The molecule has 0 saturated heterocycles. The molecule has 1 N–H and O–H groups in total. The molecule has 0 aliphatic carbocycles. The number of carbonyl (C=O) groups excluding carboxylic acids is 1. The van der Waals surface area contributed by atoms with E-state index in [9.17, 15) is 13.2 Å². The molecular formula is C24H26N2O5S2. The van der Waals surface area contributed by atoms with Crippen molar-refractivity contribution in [1.82, 2.24) is 0 Å². The fraction of sp³-hybridized carbons (Fsp3) is 0.208. The van der Waals surface area contributed by atoms with Crippen LogP contribution in [0.15, 0.2) is 82.6 Å². The molecule has 9 heteroatoms. The SMILES string of the molecule is CCOc1ccc(N(CC(=O)Nc2ccc(OC)cc2)S(=O)(=O)c2ccc(SC)cc2)cc1. The first-order chi connectivity index (χ1) is 15.9. The van der Waals surface area contributed by atoms with Crippen LogP contribution in [-0.2, 0) is 14.8 Å². The average Bonchev–Trinajstić information content (AvgIpc) is 2.84. The normalized spacial score (nSPS) is 11.0. The van der Waals surface area contributed by atoms with Gasteiger partial charge in [0.2, 0.25) is 5.91 Å². The van der Waals surface area contributed by atoms with Crippen molar-refractivity contribution in [2.24, 2.45) is 0 Å². The molecule has 3 aromatic carbocycles. The van der Waals surface area contributed by atoms with E-state index < -0.39 is 22.5 Å². The Morgan fingerprint density at radius 3 is 2.09 bits per heavy atom. The monoisotopic (exact) mass is 486 g/mol. The first kappa shape index (κ1) is 24.5. The van der Waals surface area contributed by atoms with Gasteiger partial charge in [-0.25, -0.2) is 8.42 Å². The van der Waals surface area contributed by atoms with E-state index >= 15 is 0 Å². The third kappa shape index (κ3) is 6.21. The molecule has 3 rings (SSSR count). The van der Waals surface area contributed by atoms with Gasteiger partial charge in [0.25, 0.3) is 10.0 Å². The number of hydrogen-bond acceptors (Lipinski definition) is 6. The summed E-state index contributed by atoms with van der Waals surface area (Å²) in [6.07, 6.45) is 1.92. The van der Waals surface area contributed by atoms with E-state index in [2.05, 4.69) is 5.32 Å². The maximum absolute atomic E-state index is 13.5. The van der Waals surface area contributed by atoms with Crippen molar-refractivity contribution in [1.29, 1.82) is 0 Å². The lowest BCUT2D eigenvalue weighted by molar-refractivity contribution is -0.114. The number of thioether (sulfide) groups is 1. The van der Waals surface area contributed by atoms with Crippen LogP contribution in [0, 0.1) is 0 Å². The van der Waals surface area contributed by atoms with Crippen molar-refractivity contribution >= 4 is 39.1 Å². The van der Waals surface area contributed by atoms with Gasteiger partial charge in [-0.1, -0.05) is 0 Å². The number of anilines is 2. The summed E-state index contributed by atoms with van der Waals surface area (Å²) in [4.78, 5) is 13.9. The molecule has 0 fully saturated rings. The van der Waals surface area contributed by atoms with E-state index in [0.29, 0.717) is 29.5 Å². The van der Waals surface area contributed by atoms with E-state index in [1.807, 2.05) is 13.2 Å². The van der Waals surface area contributed by atoms with Crippen LogP contribution < -0.4 is 19.1 Å². The highest BCUT2D eigenvalue weighted by Gasteiger charge is 2.27. The minimum absolute atomic E-state index is 0.103. The van der Waals surface area contributed by atoms with Gasteiger partial charge in [-0.05, 0) is 86.0 Å². The molecule has 0 atom stereocenters. The van der Waals surface area contributed by atoms with Crippen LogP contribution in [-0.4, -0.2) is 40.8 Å². The molecule has 0 spiro atoms. The number of carbonyl (C=O) groups is 1. The number of ether oxygens (including phenoxy) is 2. The number of rotatable bonds is 10. The molecule has 7 nitrogen and oxygen atoms in total. The van der Waals surface area contributed by atoms with Gasteiger partial charge in [0, 0.05) is 10.6 Å². The Bertz CT molecular complexity index is 1160. The molecule has 3 aromatic rings. The third-order valence-electron chi connectivity index (χ3n) is 4.74. The lowest BCUT2D eigenvalue weighted by Gasteiger charge is -2.24. The number of hydrogen-bond donors (Lipinski definition) is 1. The second-order valence-corrected chi connectivity index (χ2v) is 9.63. The van der Waals surface area contributed by atoms with Crippen LogP contribution >= 0.6 is 11.8 Å². The minimum atomic E-state index is -4.00. The molecule has 0 radical (unpaired) electrons. The van der Waals surface area contributed by atoms with Gasteiger partial charge in [0.1, 0.15) is 18.0 Å². The van der Waals surface area contributed by atoms with Crippen LogP contribution in [0.1, 0.15) is 6.92 Å². The molecular weight excluding hydrogens is 460 g/mol. The highest BCUT2D eigenvalue weighted by Crippen LogP contribution is 2.27. The molecule has 0 bridgehead atoms. The predicted molar refractivity (Wildman–Crippen MR) is 132 cm³/mol. The topological polar surface area (TPSA) is 84.9 Å². The van der Waals surface area contributed by atoms with E-state index in [-0.39, 0.29) is 4.90 Å². The highest BCUT2D eigenvalue weighted by atomic mass is 32.2. The smallest absolute Gasteiger partial charge is 0.264 e. The largest absolute Gasteiger partial charge is 0.497 e. The molecule has 174 valence electrons. The summed E-state index contributed by atoms with van der Waals surface area (Å²) < 4.78 is 38.7. The van der Waals surface area contributed by atoms with Gasteiger partial charge in [-0.3, -0.25) is 9.10 Å². The van der Waals surface area contributed by atoms with Crippen molar-refractivity contribution in [3.8, 4) is 11.5 Å². The summed E-state index contributed by atoms with van der Waals surface area (Å²) in [6, 6.07) is 20.0. The number of sulfonamides is 1. The van der Waals surface area contributed by atoms with Gasteiger partial charge in [0.05, 0.1) is 24.3 Å². The zero-order valence-electron chi connectivity index (χ0n) is 18.6. The Morgan fingerprint density at radius 2 is 1.55 bits per heavy atom. The number of amides is 1. The Hall–Kier alpha value is -3.17. The summed E-state index contributed by atoms with van der Waals surface area (Å²) in [7, 11) is -2.45. The van der Waals surface area contributed by atoms with Crippen LogP contribution in [0.4, 0.5) is 11.4 Å². The van der Waals surface area contributed by atoms with Gasteiger partial charge in [-0.15, -0.1) is 11.8 Å². The van der Waals surface area contributed by atoms with E-state index in [1.54, 1.807) is 79.9 Å². The van der Waals surface area contributed by atoms with Gasteiger partial charge in [-0.2, -0.15) is 0 Å². The van der Waals surface area contributed by atoms with E-state index in [1.165, 1.54) is 11.8 Å². The molecule has 0 aliphatic heterocycles. The fourth-order valence-electron chi connectivity index (χ4n) is 3.07. The first-order valence-electron chi connectivity index (χ1n) is 10.2.